The van der Waals surface area contributed by atoms with Crippen molar-refractivity contribution in [2.24, 2.45) is 5.41 Å². The molecule has 36 heavy (non-hydrogen) atoms. The maximum absolute atomic E-state index is 12.8. The van der Waals surface area contributed by atoms with E-state index >= 15 is 0 Å². The van der Waals surface area contributed by atoms with Crippen LogP contribution in [0.5, 0.6) is 0 Å². The molecule has 1 aliphatic rings. The second-order valence-corrected chi connectivity index (χ2v) is 10.3. The fraction of sp³-hybridized carbons (Fsp3) is 0.783. The first kappa shape index (κ1) is 32.0. The first-order valence-electron chi connectivity index (χ1n) is 11.7. The third kappa shape index (κ3) is 11.3. The molecule has 2 unspecified atom stereocenters. The smallest absolute Gasteiger partial charge is 0.305 e. The first-order chi connectivity index (χ1) is 16.8. The standard InChI is InChI=1S/C23H38N2O10S/c1-15(26)13-23(33-5)34-14-22(2,3)20(35-23)21(31)25-9-8-17(28)24-10-11-36-19(30)12-16(27)6-7-18(29)32-4/h15,20,26H,6-14H2,1-5H3,(H,24,28)(H,25,31)/t15?,20-,23?/m0/s1. The number of hydrogen-bond acceptors (Lipinski definition) is 11. The van der Waals surface area contributed by atoms with E-state index in [1.54, 1.807) is 20.8 Å². The second-order valence-electron chi connectivity index (χ2n) is 9.12. The molecule has 206 valence electrons. The highest BCUT2D eigenvalue weighted by molar-refractivity contribution is 8.13. The largest absolute Gasteiger partial charge is 0.469 e. The van der Waals surface area contributed by atoms with Gasteiger partial charge < -0.3 is 34.7 Å². The van der Waals surface area contributed by atoms with E-state index in [1.807, 2.05) is 0 Å². The van der Waals surface area contributed by atoms with Gasteiger partial charge in [0, 0.05) is 44.2 Å². The molecule has 1 rings (SSSR count). The summed E-state index contributed by atoms with van der Waals surface area (Å²) in [5.74, 6) is -2.85. The number of carbonyl (C=O) groups excluding carboxylic acids is 5. The third-order valence-corrected chi connectivity index (χ3v) is 6.16. The quantitative estimate of drug-likeness (QED) is 0.150. The molecule has 1 fully saturated rings. The van der Waals surface area contributed by atoms with Crippen LogP contribution >= 0.6 is 11.8 Å². The molecule has 0 aromatic heterocycles. The molecule has 0 aromatic carbocycles. The average molecular weight is 535 g/mol. The summed E-state index contributed by atoms with van der Waals surface area (Å²) >= 11 is 0.922. The Labute approximate surface area is 215 Å². The first-order valence-corrected chi connectivity index (χ1v) is 12.7. The lowest BCUT2D eigenvalue weighted by atomic mass is 9.85. The predicted octanol–water partition coefficient (Wildman–Crippen LogP) is 0.294. The lowest BCUT2D eigenvalue weighted by Crippen LogP contribution is -2.59. The van der Waals surface area contributed by atoms with Crippen LogP contribution in [0.4, 0.5) is 0 Å². The van der Waals surface area contributed by atoms with E-state index in [0.717, 1.165) is 11.8 Å². The van der Waals surface area contributed by atoms with Gasteiger partial charge in [0.2, 0.25) is 11.8 Å². The summed E-state index contributed by atoms with van der Waals surface area (Å²) < 4.78 is 21.3. The van der Waals surface area contributed by atoms with Crippen molar-refractivity contribution in [3.05, 3.63) is 0 Å². The van der Waals surface area contributed by atoms with E-state index in [9.17, 15) is 29.1 Å². The number of thioether (sulfide) groups is 1. The van der Waals surface area contributed by atoms with Gasteiger partial charge in [-0.25, -0.2) is 0 Å². The van der Waals surface area contributed by atoms with Crippen molar-refractivity contribution >= 4 is 40.4 Å². The molecule has 0 bridgehead atoms. The summed E-state index contributed by atoms with van der Waals surface area (Å²) in [6, 6.07) is 0. The second kappa shape index (κ2) is 15.3. The number of hydrogen-bond donors (Lipinski definition) is 3. The molecule has 0 spiro atoms. The summed E-state index contributed by atoms with van der Waals surface area (Å²) in [5.41, 5.74) is -0.669. The Morgan fingerprint density at radius 1 is 1.08 bits per heavy atom. The third-order valence-electron chi connectivity index (χ3n) is 5.28. The fourth-order valence-corrected chi connectivity index (χ4v) is 3.99. The van der Waals surface area contributed by atoms with Crippen LogP contribution in [0.2, 0.25) is 0 Å². The minimum absolute atomic E-state index is 0.0170. The van der Waals surface area contributed by atoms with Crippen molar-refractivity contribution < 1.29 is 48.0 Å². The average Bonchev–Trinajstić information content (AvgIpc) is 2.81. The minimum Gasteiger partial charge on any atom is -0.469 e. The summed E-state index contributed by atoms with van der Waals surface area (Å²) in [7, 11) is 2.60. The maximum Gasteiger partial charge on any atom is 0.305 e. The number of aliphatic hydroxyl groups excluding tert-OH is 1. The molecule has 3 N–H and O–H groups in total. The van der Waals surface area contributed by atoms with Crippen LogP contribution in [0.25, 0.3) is 0 Å². The van der Waals surface area contributed by atoms with Gasteiger partial charge >= 0.3 is 5.97 Å². The number of amides is 2. The Bertz CT molecular complexity index is 789. The Kier molecular flexibility index (Phi) is 13.5. The Morgan fingerprint density at radius 3 is 2.39 bits per heavy atom. The zero-order valence-electron chi connectivity index (χ0n) is 21.5. The van der Waals surface area contributed by atoms with E-state index in [1.165, 1.54) is 14.2 Å². The van der Waals surface area contributed by atoms with Crippen LogP contribution in [0.1, 0.15) is 52.9 Å². The summed E-state index contributed by atoms with van der Waals surface area (Å²) in [4.78, 5) is 59.3. The number of esters is 1. The van der Waals surface area contributed by atoms with Crippen LogP contribution in [-0.2, 0) is 42.9 Å². The topological polar surface area (TPSA) is 167 Å². The van der Waals surface area contributed by atoms with Crippen LogP contribution in [-0.4, -0.2) is 91.6 Å². The van der Waals surface area contributed by atoms with E-state index in [-0.39, 0.29) is 74.4 Å². The van der Waals surface area contributed by atoms with Gasteiger partial charge in [-0.3, -0.25) is 24.0 Å². The van der Waals surface area contributed by atoms with Crippen LogP contribution < -0.4 is 10.6 Å². The van der Waals surface area contributed by atoms with Crippen molar-refractivity contribution in [1.82, 2.24) is 10.6 Å². The lowest BCUT2D eigenvalue weighted by molar-refractivity contribution is -0.429. The van der Waals surface area contributed by atoms with Crippen molar-refractivity contribution in [2.45, 2.75) is 71.1 Å². The number of ketones is 1. The highest BCUT2D eigenvalue weighted by Crippen LogP contribution is 2.38. The van der Waals surface area contributed by atoms with Gasteiger partial charge in [-0.15, -0.1) is 0 Å². The Morgan fingerprint density at radius 2 is 1.78 bits per heavy atom. The number of carbonyl (C=O) groups is 5. The number of methoxy groups -OCH3 is 2. The van der Waals surface area contributed by atoms with Gasteiger partial charge in [0.15, 0.2) is 5.12 Å². The minimum atomic E-state index is -1.54. The molecule has 0 radical (unpaired) electrons. The molecule has 12 nitrogen and oxygen atoms in total. The van der Waals surface area contributed by atoms with E-state index in [0.29, 0.717) is 0 Å². The molecule has 1 aliphatic heterocycles. The predicted molar refractivity (Wildman–Crippen MR) is 130 cm³/mol. The molecule has 1 heterocycles. The van der Waals surface area contributed by atoms with Crippen molar-refractivity contribution in [3.8, 4) is 0 Å². The zero-order valence-corrected chi connectivity index (χ0v) is 22.4. The number of rotatable bonds is 15. The number of ether oxygens (including phenoxy) is 4. The summed E-state index contributed by atoms with van der Waals surface area (Å²) in [6.45, 7) is 5.61. The Hall–Kier alpha value is -2.06. The number of nitrogens with one attached hydrogen (secondary N) is 2. The molecular weight excluding hydrogens is 496 g/mol. The van der Waals surface area contributed by atoms with Crippen LogP contribution in [0.15, 0.2) is 0 Å². The molecule has 0 saturated carbocycles. The van der Waals surface area contributed by atoms with Gasteiger partial charge in [0.1, 0.15) is 11.9 Å². The SMILES string of the molecule is COC(=O)CCC(=O)CC(=O)SCCNC(=O)CCNC(=O)[C@@H]1OC(CC(C)O)(OC)OCC1(C)C. The van der Waals surface area contributed by atoms with Gasteiger partial charge in [-0.1, -0.05) is 25.6 Å². The van der Waals surface area contributed by atoms with Crippen molar-refractivity contribution in [3.63, 3.8) is 0 Å². The van der Waals surface area contributed by atoms with Crippen molar-refractivity contribution in [1.29, 1.82) is 0 Å². The summed E-state index contributed by atoms with van der Waals surface area (Å²) in [5, 5.41) is 14.7. The maximum atomic E-state index is 12.8. The fourth-order valence-electron chi connectivity index (χ4n) is 3.29. The molecule has 0 aromatic rings. The van der Waals surface area contributed by atoms with E-state index in [2.05, 4.69) is 15.4 Å². The molecule has 3 atom stereocenters. The van der Waals surface area contributed by atoms with Gasteiger partial charge in [0.25, 0.3) is 5.97 Å². The van der Waals surface area contributed by atoms with E-state index in [4.69, 9.17) is 14.2 Å². The lowest BCUT2D eigenvalue weighted by Gasteiger charge is -2.46. The van der Waals surface area contributed by atoms with Gasteiger partial charge in [-0.2, -0.15) is 0 Å². The van der Waals surface area contributed by atoms with Crippen molar-refractivity contribution in [2.75, 3.05) is 39.7 Å². The van der Waals surface area contributed by atoms with E-state index < -0.39 is 35.5 Å². The normalized spacial score (nSPS) is 21.8. The highest BCUT2D eigenvalue weighted by Gasteiger charge is 2.50. The Balaban J connectivity index is 2.33. The van der Waals surface area contributed by atoms with Crippen LogP contribution in [0.3, 0.4) is 0 Å². The number of Topliss-reactive ketones (excluding diaryl/α,β-unsaturated/α-hetero) is 1. The van der Waals surface area contributed by atoms with Gasteiger partial charge in [-0.05, 0) is 6.92 Å². The highest BCUT2D eigenvalue weighted by atomic mass is 32.2. The summed E-state index contributed by atoms with van der Waals surface area (Å²) in [6.07, 6.45) is -2.06. The molecule has 0 aliphatic carbocycles. The number of aliphatic hydroxyl groups is 1. The molecular formula is C23H38N2O10S. The van der Waals surface area contributed by atoms with Gasteiger partial charge in [0.05, 0.1) is 39.1 Å². The monoisotopic (exact) mass is 534 g/mol. The zero-order chi connectivity index (χ0) is 27.4. The molecule has 2 amide bonds. The van der Waals surface area contributed by atoms with Crippen LogP contribution in [0, 0.1) is 5.41 Å². The molecule has 13 heteroatoms. The molecule has 1 saturated heterocycles.